The molecule has 116 valence electrons. The average molecular weight is 337 g/mol. The highest BCUT2D eigenvalue weighted by Crippen LogP contribution is 2.25. The lowest BCUT2D eigenvalue weighted by Crippen LogP contribution is -2.23. The standard InChI is InChI=1S/C15H17ClN4OS/c1-4-8-20-9-17-19-15(20)22-11(3)14(21)18-13-7-5-6-12(16)10(13)2/h4-7,9,11H,1,8H2,2-3H3,(H,18,21)/t11-/m1/s1. The van der Waals surface area contributed by atoms with Crippen molar-refractivity contribution in [3.05, 3.63) is 47.8 Å². The summed E-state index contributed by atoms with van der Waals surface area (Å²) in [4.78, 5) is 12.3. The van der Waals surface area contributed by atoms with Gasteiger partial charge in [-0.2, -0.15) is 0 Å². The lowest BCUT2D eigenvalue weighted by Gasteiger charge is -2.14. The lowest BCUT2D eigenvalue weighted by atomic mass is 10.2. The van der Waals surface area contributed by atoms with Crippen LogP contribution < -0.4 is 5.32 Å². The molecule has 0 saturated carbocycles. The second kappa shape index (κ2) is 7.47. The first-order chi connectivity index (χ1) is 10.5. The van der Waals surface area contributed by atoms with Gasteiger partial charge in [-0.25, -0.2) is 0 Å². The molecule has 2 aromatic rings. The molecule has 1 heterocycles. The fourth-order valence-corrected chi connectivity index (χ4v) is 2.80. The lowest BCUT2D eigenvalue weighted by molar-refractivity contribution is -0.115. The number of carbonyl (C=O) groups excluding carboxylic acids is 1. The molecule has 0 fully saturated rings. The van der Waals surface area contributed by atoms with Gasteiger partial charge < -0.3 is 9.88 Å². The minimum atomic E-state index is -0.314. The van der Waals surface area contributed by atoms with Gasteiger partial charge >= 0.3 is 0 Å². The SMILES string of the molecule is C=CCn1cnnc1S[C@H](C)C(=O)Nc1cccc(Cl)c1C. The number of halogens is 1. The molecule has 0 unspecified atom stereocenters. The number of amides is 1. The van der Waals surface area contributed by atoms with Crippen LogP contribution in [0, 0.1) is 6.92 Å². The Labute approximate surface area is 138 Å². The van der Waals surface area contributed by atoms with Crippen LogP contribution in [0.3, 0.4) is 0 Å². The molecule has 0 aliphatic carbocycles. The number of nitrogens with one attached hydrogen (secondary N) is 1. The number of thioether (sulfide) groups is 1. The number of hydrogen-bond donors (Lipinski definition) is 1. The van der Waals surface area contributed by atoms with Gasteiger partial charge in [0.2, 0.25) is 5.91 Å². The molecule has 1 amide bonds. The summed E-state index contributed by atoms with van der Waals surface area (Å²) in [5.74, 6) is -0.108. The number of nitrogens with zero attached hydrogens (tertiary/aromatic N) is 3. The molecule has 0 saturated heterocycles. The highest BCUT2D eigenvalue weighted by Gasteiger charge is 2.18. The fourth-order valence-electron chi connectivity index (χ4n) is 1.79. The first kappa shape index (κ1) is 16.6. The molecule has 1 aromatic carbocycles. The summed E-state index contributed by atoms with van der Waals surface area (Å²) in [6.07, 6.45) is 3.38. The number of aromatic nitrogens is 3. The monoisotopic (exact) mass is 336 g/mol. The van der Waals surface area contributed by atoms with Gasteiger partial charge in [0.05, 0.1) is 5.25 Å². The quantitative estimate of drug-likeness (QED) is 0.647. The van der Waals surface area contributed by atoms with Crippen molar-refractivity contribution < 1.29 is 4.79 Å². The van der Waals surface area contributed by atoms with E-state index in [4.69, 9.17) is 11.6 Å². The van der Waals surface area contributed by atoms with E-state index in [0.29, 0.717) is 16.7 Å². The minimum absolute atomic E-state index is 0.108. The van der Waals surface area contributed by atoms with E-state index in [0.717, 1.165) is 11.3 Å². The van der Waals surface area contributed by atoms with Crippen molar-refractivity contribution >= 4 is 35.0 Å². The second-order valence-corrected chi connectivity index (χ2v) is 6.43. The smallest absolute Gasteiger partial charge is 0.237 e. The Bertz CT molecular complexity index is 686. The number of carbonyl (C=O) groups is 1. The summed E-state index contributed by atoms with van der Waals surface area (Å²) in [5.41, 5.74) is 1.57. The Balaban J connectivity index is 2.04. The van der Waals surface area contributed by atoms with Gasteiger partial charge in [0.15, 0.2) is 5.16 Å². The van der Waals surface area contributed by atoms with E-state index >= 15 is 0 Å². The van der Waals surface area contributed by atoms with Gasteiger partial charge in [0.25, 0.3) is 0 Å². The zero-order chi connectivity index (χ0) is 16.1. The number of rotatable bonds is 6. The van der Waals surface area contributed by atoms with Crippen molar-refractivity contribution in [2.45, 2.75) is 30.8 Å². The van der Waals surface area contributed by atoms with Crippen LogP contribution in [-0.2, 0) is 11.3 Å². The number of allylic oxidation sites excluding steroid dienone is 1. The zero-order valence-corrected chi connectivity index (χ0v) is 14.0. The van der Waals surface area contributed by atoms with E-state index < -0.39 is 0 Å². The van der Waals surface area contributed by atoms with Crippen LogP contribution in [0.5, 0.6) is 0 Å². The van der Waals surface area contributed by atoms with Crippen LogP contribution in [0.1, 0.15) is 12.5 Å². The van der Waals surface area contributed by atoms with Gasteiger partial charge in [-0.3, -0.25) is 4.79 Å². The Morgan fingerprint density at radius 2 is 2.36 bits per heavy atom. The van der Waals surface area contributed by atoms with E-state index in [-0.39, 0.29) is 11.2 Å². The molecule has 1 N–H and O–H groups in total. The molecule has 0 spiro atoms. The van der Waals surface area contributed by atoms with Crippen LogP contribution >= 0.6 is 23.4 Å². The number of anilines is 1. The largest absolute Gasteiger partial charge is 0.325 e. The number of hydrogen-bond acceptors (Lipinski definition) is 4. The maximum absolute atomic E-state index is 12.3. The molecule has 0 radical (unpaired) electrons. The van der Waals surface area contributed by atoms with E-state index in [1.807, 2.05) is 30.5 Å². The van der Waals surface area contributed by atoms with Crippen molar-refractivity contribution in [2.75, 3.05) is 5.32 Å². The highest BCUT2D eigenvalue weighted by molar-refractivity contribution is 8.00. The first-order valence-corrected chi connectivity index (χ1v) is 8.00. The predicted octanol–water partition coefficient (Wildman–Crippen LogP) is 3.55. The van der Waals surface area contributed by atoms with Crippen molar-refractivity contribution in [2.24, 2.45) is 0 Å². The van der Waals surface area contributed by atoms with E-state index in [1.165, 1.54) is 11.8 Å². The summed E-state index contributed by atoms with van der Waals surface area (Å²) < 4.78 is 1.84. The Hall–Kier alpha value is -1.79. The average Bonchev–Trinajstić information content (AvgIpc) is 2.91. The maximum Gasteiger partial charge on any atom is 0.237 e. The van der Waals surface area contributed by atoms with Crippen molar-refractivity contribution in [3.63, 3.8) is 0 Å². The molecular weight excluding hydrogens is 320 g/mol. The molecule has 0 aliphatic rings. The third-order valence-corrected chi connectivity index (χ3v) is 4.59. The summed E-state index contributed by atoms with van der Waals surface area (Å²) in [5, 5.41) is 11.8. The molecule has 1 atom stereocenters. The van der Waals surface area contributed by atoms with Crippen molar-refractivity contribution in [1.29, 1.82) is 0 Å². The summed E-state index contributed by atoms with van der Waals surface area (Å²) in [6.45, 7) is 7.99. The topological polar surface area (TPSA) is 59.8 Å². The predicted molar refractivity (Wildman–Crippen MR) is 90.4 cm³/mol. The summed E-state index contributed by atoms with van der Waals surface area (Å²) >= 11 is 7.41. The molecular formula is C15H17ClN4OS. The van der Waals surface area contributed by atoms with Crippen LogP contribution in [0.2, 0.25) is 5.02 Å². The summed E-state index contributed by atoms with van der Waals surface area (Å²) in [6, 6.07) is 5.43. The molecule has 1 aromatic heterocycles. The molecule has 22 heavy (non-hydrogen) atoms. The van der Waals surface area contributed by atoms with Gasteiger partial charge in [-0.05, 0) is 31.5 Å². The van der Waals surface area contributed by atoms with Crippen molar-refractivity contribution in [3.8, 4) is 0 Å². The summed E-state index contributed by atoms with van der Waals surface area (Å²) in [7, 11) is 0. The minimum Gasteiger partial charge on any atom is -0.325 e. The Kier molecular flexibility index (Phi) is 5.63. The van der Waals surface area contributed by atoms with E-state index in [2.05, 4.69) is 22.1 Å². The number of benzene rings is 1. The maximum atomic E-state index is 12.3. The van der Waals surface area contributed by atoms with Crippen LogP contribution in [0.15, 0.2) is 42.3 Å². The van der Waals surface area contributed by atoms with E-state index in [1.54, 1.807) is 18.5 Å². The third kappa shape index (κ3) is 3.90. The van der Waals surface area contributed by atoms with Crippen LogP contribution in [0.4, 0.5) is 5.69 Å². The molecule has 7 heteroatoms. The van der Waals surface area contributed by atoms with Crippen molar-refractivity contribution in [1.82, 2.24) is 14.8 Å². The molecule has 5 nitrogen and oxygen atoms in total. The van der Waals surface area contributed by atoms with Gasteiger partial charge in [0, 0.05) is 17.3 Å². The fraction of sp³-hybridized carbons (Fsp3) is 0.267. The van der Waals surface area contributed by atoms with Crippen LogP contribution in [0.25, 0.3) is 0 Å². The first-order valence-electron chi connectivity index (χ1n) is 6.74. The Morgan fingerprint density at radius 3 is 3.09 bits per heavy atom. The highest BCUT2D eigenvalue weighted by atomic mass is 35.5. The van der Waals surface area contributed by atoms with Gasteiger partial charge in [-0.1, -0.05) is 35.5 Å². The zero-order valence-electron chi connectivity index (χ0n) is 12.4. The van der Waals surface area contributed by atoms with Crippen LogP contribution in [-0.4, -0.2) is 25.9 Å². The van der Waals surface area contributed by atoms with E-state index in [9.17, 15) is 4.79 Å². The third-order valence-electron chi connectivity index (χ3n) is 3.08. The van der Waals surface area contributed by atoms with Gasteiger partial charge in [0.1, 0.15) is 6.33 Å². The normalized spacial score (nSPS) is 12.0. The Morgan fingerprint density at radius 1 is 1.59 bits per heavy atom. The van der Waals surface area contributed by atoms with Gasteiger partial charge in [-0.15, -0.1) is 16.8 Å². The molecule has 0 bridgehead atoms. The second-order valence-electron chi connectivity index (χ2n) is 4.72. The molecule has 2 rings (SSSR count). The molecule has 0 aliphatic heterocycles.